The van der Waals surface area contributed by atoms with Gasteiger partial charge in [-0.2, -0.15) is 0 Å². The zero-order chi connectivity index (χ0) is 17.6. The molecule has 3 rings (SSSR count). The summed E-state index contributed by atoms with van der Waals surface area (Å²) >= 11 is 0. The molecule has 1 N–H and O–H groups in total. The molecule has 3 aromatic rings. The Labute approximate surface area is 148 Å². The molecule has 0 saturated heterocycles. The summed E-state index contributed by atoms with van der Waals surface area (Å²) < 4.78 is 5.81. The van der Waals surface area contributed by atoms with Crippen LogP contribution in [-0.4, -0.2) is 10.9 Å². The first-order valence-electron chi connectivity index (χ1n) is 8.98. The third-order valence-corrected chi connectivity index (χ3v) is 4.32. The number of rotatable bonds is 7. The Bertz CT molecular complexity index is 815. The summed E-state index contributed by atoms with van der Waals surface area (Å²) in [5, 5.41) is 3.05. The molecular formula is C21H24N2O2. The van der Waals surface area contributed by atoms with Gasteiger partial charge in [0.1, 0.15) is 5.52 Å². The van der Waals surface area contributed by atoms with Crippen LogP contribution in [0.25, 0.3) is 22.6 Å². The van der Waals surface area contributed by atoms with Crippen LogP contribution in [0.3, 0.4) is 0 Å². The van der Waals surface area contributed by atoms with Crippen LogP contribution in [-0.2, 0) is 4.79 Å². The van der Waals surface area contributed by atoms with Crippen molar-refractivity contribution < 1.29 is 9.21 Å². The van der Waals surface area contributed by atoms with Crippen LogP contribution in [0.4, 0.5) is 5.69 Å². The van der Waals surface area contributed by atoms with Gasteiger partial charge in [0.15, 0.2) is 5.58 Å². The van der Waals surface area contributed by atoms with Gasteiger partial charge >= 0.3 is 0 Å². The largest absolute Gasteiger partial charge is 0.436 e. The lowest BCUT2D eigenvalue weighted by Gasteiger charge is -2.15. The van der Waals surface area contributed by atoms with Gasteiger partial charge in [-0.25, -0.2) is 4.98 Å². The van der Waals surface area contributed by atoms with Crippen LogP contribution in [0.15, 0.2) is 52.9 Å². The van der Waals surface area contributed by atoms with Crippen molar-refractivity contribution in [3.8, 4) is 11.5 Å². The number of amides is 1. The maximum Gasteiger partial charge on any atom is 0.227 e. The Balaban J connectivity index is 1.80. The van der Waals surface area contributed by atoms with Crippen LogP contribution in [0, 0.1) is 5.92 Å². The normalized spacial score (nSPS) is 11.2. The zero-order valence-corrected chi connectivity index (χ0v) is 14.8. The van der Waals surface area contributed by atoms with Crippen molar-refractivity contribution >= 4 is 22.7 Å². The van der Waals surface area contributed by atoms with Crippen LogP contribution < -0.4 is 5.32 Å². The van der Waals surface area contributed by atoms with Gasteiger partial charge < -0.3 is 9.73 Å². The SMILES string of the molecule is CCCC(CCC)C(=O)Nc1cccc(-c2nc3ccccc3o2)c1. The van der Waals surface area contributed by atoms with E-state index < -0.39 is 0 Å². The summed E-state index contributed by atoms with van der Waals surface area (Å²) in [5.41, 5.74) is 3.23. The Hall–Kier alpha value is -2.62. The van der Waals surface area contributed by atoms with E-state index in [4.69, 9.17) is 4.42 Å². The molecule has 0 aliphatic carbocycles. The number of aromatic nitrogens is 1. The Kier molecular flexibility index (Phi) is 5.49. The van der Waals surface area contributed by atoms with Gasteiger partial charge in [0, 0.05) is 17.2 Å². The third kappa shape index (κ3) is 4.08. The Morgan fingerprint density at radius 3 is 2.56 bits per heavy atom. The maximum absolute atomic E-state index is 12.5. The molecule has 0 unspecified atom stereocenters. The second-order valence-electron chi connectivity index (χ2n) is 6.33. The number of fused-ring (bicyclic) bond motifs is 1. The van der Waals surface area contributed by atoms with Gasteiger partial charge in [0.25, 0.3) is 0 Å². The van der Waals surface area contributed by atoms with Crippen molar-refractivity contribution in [2.45, 2.75) is 39.5 Å². The van der Waals surface area contributed by atoms with E-state index in [1.807, 2.05) is 48.5 Å². The number of nitrogens with one attached hydrogen (secondary N) is 1. The molecule has 0 radical (unpaired) electrons. The first-order valence-corrected chi connectivity index (χ1v) is 8.98. The zero-order valence-electron chi connectivity index (χ0n) is 14.8. The molecule has 4 heteroatoms. The number of para-hydroxylation sites is 2. The predicted molar refractivity (Wildman–Crippen MR) is 101 cm³/mol. The highest BCUT2D eigenvalue weighted by Gasteiger charge is 2.17. The molecule has 1 heterocycles. The standard InChI is InChI=1S/C21H24N2O2/c1-3-8-15(9-4-2)20(24)22-17-11-7-10-16(14-17)21-23-18-12-5-6-13-19(18)25-21/h5-7,10-15H,3-4,8-9H2,1-2H3,(H,22,24). The highest BCUT2D eigenvalue weighted by molar-refractivity contribution is 5.93. The minimum Gasteiger partial charge on any atom is -0.436 e. The fourth-order valence-electron chi connectivity index (χ4n) is 3.07. The van der Waals surface area contributed by atoms with Crippen molar-refractivity contribution in [1.29, 1.82) is 0 Å². The minimum atomic E-state index is 0.0722. The van der Waals surface area contributed by atoms with E-state index in [0.717, 1.165) is 48.0 Å². The van der Waals surface area contributed by atoms with E-state index in [-0.39, 0.29) is 11.8 Å². The molecule has 1 amide bonds. The number of oxazole rings is 1. The number of hydrogen-bond acceptors (Lipinski definition) is 3. The number of anilines is 1. The van der Waals surface area contributed by atoms with E-state index in [1.165, 1.54) is 0 Å². The molecule has 0 atom stereocenters. The van der Waals surface area contributed by atoms with Gasteiger partial charge in [-0.1, -0.05) is 44.9 Å². The van der Waals surface area contributed by atoms with E-state index in [0.29, 0.717) is 5.89 Å². The lowest BCUT2D eigenvalue weighted by Crippen LogP contribution is -2.22. The molecule has 0 fully saturated rings. The van der Waals surface area contributed by atoms with E-state index in [9.17, 15) is 4.79 Å². The van der Waals surface area contributed by atoms with Crippen LogP contribution in [0.5, 0.6) is 0 Å². The van der Waals surface area contributed by atoms with Gasteiger partial charge in [0.05, 0.1) is 0 Å². The molecule has 0 aliphatic rings. The number of benzene rings is 2. The number of carbonyl (C=O) groups is 1. The third-order valence-electron chi connectivity index (χ3n) is 4.32. The number of hydrogen-bond donors (Lipinski definition) is 1. The number of carbonyl (C=O) groups excluding carboxylic acids is 1. The second kappa shape index (κ2) is 7.97. The van der Waals surface area contributed by atoms with Crippen LogP contribution in [0.2, 0.25) is 0 Å². The molecule has 0 saturated carbocycles. The Morgan fingerprint density at radius 2 is 1.84 bits per heavy atom. The Morgan fingerprint density at radius 1 is 1.08 bits per heavy atom. The van der Waals surface area contributed by atoms with Crippen molar-refractivity contribution in [3.05, 3.63) is 48.5 Å². The smallest absolute Gasteiger partial charge is 0.227 e. The van der Waals surface area contributed by atoms with Crippen LogP contribution in [0.1, 0.15) is 39.5 Å². The summed E-state index contributed by atoms with van der Waals surface area (Å²) in [6, 6.07) is 15.4. The molecule has 2 aromatic carbocycles. The summed E-state index contributed by atoms with van der Waals surface area (Å²) in [7, 11) is 0. The van der Waals surface area contributed by atoms with E-state index in [1.54, 1.807) is 0 Å². The van der Waals surface area contributed by atoms with Gasteiger partial charge in [-0.15, -0.1) is 0 Å². The van der Waals surface area contributed by atoms with Crippen molar-refractivity contribution in [3.63, 3.8) is 0 Å². The topological polar surface area (TPSA) is 55.1 Å². The summed E-state index contributed by atoms with van der Waals surface area (Å²) in [6.07, 6.45) is 3.87. The van der Waals surface area contributed by atoms with Crippen molar-refractivity contribution in [2.75, 3.05) is 5.32 Å². The van der Waals surface area contributed by atoms with Crippen LogP contribution >= 0.6 is 0 Å². The average Bonchev–Trinajstić information content (AvgIpc) is 3.06. The summed E-state index contributed by atoms with van der Waals surface area (Å²) in [4.78, 5) is 17.0. The summed E-state index contributed by atoms with van der Waals surface area (Å²) in [6.45, 7) is 4.23. The highest BCUT2D eigenvalue weighted by atomic mass is 16.3. The molecule has 25 heavy (non-hydrogen) atoms. The quantitative estimate of drug-likeness (QED) is 0.606. The average molecular weight is 336 g/mol. The maximum atomic E-state index is 12.5. The second-order valence-corrected chi connectivity index (χ2v) is 6.33. The highest BCUT2D eigenvalue weighted by Crippen LogP contribution is 2.26. The predicted octanol–water partition coefficient (Wildman–Crippen LogP) is 5.65. The van der Waals surface area contributed by atoms with Gasteiger partial charge in [-0.05, 0) is 43.2 Å². The lowest BCUT2D eigenvalue weighted by atomic mass is 9.97. The van der Waals surface area contributed by atoms with Crippen molar-refractivity contribution in [2.24, 2.45) is 5.92 Å². The lowest BCUT2D eigenvalue weighted by molar-refractivity contribution is -0.120. The molecule has 4 nitrogen and oxygen atoms in total. The molecule has 0 bridgehead atoms. The molecule has 1 aromatic heterocycles. The first kappa shape index (κ1) is 17.2. The summed E-state index contributed by atoms with van der Waals surface area (Å²) in [5.74, 6) is 0.734. The molecule has 0 spiro atoms. The monoisotopic (exact) mass is 336 g/mol. The molecule has 130 valence electrons. The number of nitrogens with zero attached hydrogens (tertiary/aromatic N) is 1. The fourth-order valence-corrected chi connectivity index (χ4v) is 3.07. The van der Waals surface area contributed by atoms with Crippen molar-refractivity contribution in [1.82, 2.24) is 4.98 Å². The minimum absolute atomic E-state index is 0.0722. The van der Waals surface area contributed by atoms with E-state index in [2.05, 4.69) is 24.1 Å². The molecule has 0 aliphatic heterocycles. The molecular weight excluding hydrogens is 312 g/mol. The van der Waals surface area contributed by atoms with E-state index >= 15 is 0 Å². The van der Waals surface area contributed by atoms with Gasteiger partial charge in [0.2, 0.25) is 11.8 Å². The van der Waals surface area contributed by atoms with Gasteiger partial charge in [-0.3, -0.25) is 4.79 Å². The first-order chi connectivity index (χ1) is 12.2. The fraction of sp³-hybridized carbons (Fsp3) is 0.333.